The van der Waals surface area contributed by atoms with Crippen LogP contribution in [0.15, 0.2) is 30.3 Å². The predicted octanol–water partition coefficient (Wildman–Crippen LogP) is 0.0381. The molecule has 0 bridgehead atoms. The van der Waals surface area contributed by atoms with Gasteiger partial charge in [0.1, 0.15) is 41.1 Å². The van der Waals surface area contributed by atoms with E-state index in [1.807, 2.05) is 0 Å². The summed E-state index contributed by atoms with van der Waals surface area (Å²) in [5.41, 5.74) is -0.1000. The topological polar surface area (TPSA) is 186 Å². The number of ether oxygens (including phenoxy) is 3. The molecule has 4 rings (SSSR count). The number of hydrogen-bond donors (Lipinski definition) is 7. The van der Waals surface area contributed by atoms with Crippen molar-refractivity contribution >= 4 is 5.78 Å². The largest absolute Gasteiger partial charge is 0.508 e. The molecule has 0 aliphatic carbocycles. The molecule has 0 spiro atoms. The van der Waals surface area contributed by atoms with E-state index in [4.69, 9.17) is 14.2 Å². The summed E-state index contributed by atoms with van der Waals surface area (Å²) in [5.74, 6) is -2.79. The lowest BCUT2D eigenvalue weighted by molar-refractivity contribution is -0.304. The first-order valence-electron chi connectivity index (χ1n) is 9.72. The average molecular weight is 450 g/mol. The van der Waals surface area contributed by atoms with E-state index in [2.05, 4.69) is 0 Å². The van der Waals surface area contributed by atoms with E-state index >= 15 is 0 Å². The van der Waals surface area contributed by atoms with Crippen molar-refractivity contribution < 1.29 is 54.8 Å². The number of aliphatic hydroxyl groups is 3. The minimum atomic E-state index is -1.71. The maximum Gasteiger partial charge on any atom is 0.203 e. The second-order valence-corrected chi connectivity index (χ2v) is 7.73. The van der Waals surface area contributed by atoms with Gasteiger partial charge in [0.2, 0.25) is 5.78 Å². The number of carbonyl (C=O) groups is 1. The summed E-state index contributed by atoms with van der Waals surface area (Å²) in [4.78, 5) is 13.3. The Morgan fingerprint density at radius 2 is 1.59 bits per heavy atom. The molecule has 2 heterocycles. The Morgan fingerprint density at radius 3 is 2.28 bits per heavy atom. The van der Waals surface area contributed by atoms with Crippen LogP contribution in [0.25, 0.3) is 0 Å². The van der Waals surface area contributed by atoms with Crippen molar-refractivity contribution in [1.82, 2.24) is 0 Å². The van der Waals surface area contributed by atoms with Gasteiger partial charge < -0.3 is 50.0 Å². The number of aliphatic hydroxyl groups excluding tert-OH is 3. The first kappa shape index (κ1) is 22.1. The van der Waals surface area contributed by atoms with E-state index in [1.54, 1.807) is 0 Å². The van der Waals surface area contributed by atoms with Gasteiger partial charge in [-0.2, -0.15) is 0 Å². The molecule has 0 amide bonds. The summed E-state index contributed by atoms with van der Waals surface area (Å²) in [6.07, 6.45) is -10.0. The maximum absolute atomic E-state index is 13.3. The van der Waals surface area contributed by atoms with Gasteiger partial charge in [0.25, 0.3) is 0 Å². The number of ketones is 1. The third-order valence-electron chi connectivity index (χ3n) is 5.52. The molecule has 1 fully saturated rings. The van der Waals surface area contributed by atoms with Crippen LogP contribution < -0.4 is 4.74 Å². The molecule has 2 aliphatic heterocycles. The summed E-state index contributed by atoms with van der Waals surface area (Å²) >= 11 is 0. The Labute approximate surface area is 181 Å². The Morgan fingerprint density at radius 1 is 0.875 bits per heavy atom. The van der Waals surface area contributed by atoms with Crippen LogP contribution in [-0.2, 0) is 9.47 Å². The van der Waals surface area contributed by atoms with Crippen molar-refractivity contribution in [2.24, 2.45) is 0 Å². The third-order valence-corrected chi connectivity index (χ3v) is 5.52. The molecule has 2 aliphatic rings. The Balaban J connectivity index is 1.75. The lowest BCUT2D eigenvalue weighted by Crippen LogP contribution is -2.59. The lowest BCUT2D eigenvalue weighted by atomic mass is 9.92. The van der Waals surface area contributed by atoms with Gasteiger partial charge >= 0.3 is 0 Å². The predicted molar refractivity (Wildman–Crippen MR) is 104 cm³/mol. The monoisotopic (exact) mass is 450 g/mol. The van der Waals surface area contributed by atoms with Gasteiger partial charge in [0.15, 0.2) is 30.0 Å². The van der Waals surface area contributed by atoms with Gasteiger partial charge in [0.05, 0.1) is 6.10 Å². The Bertz CT molecular complexity index is 1040. The number of phenolic OH excluding ortho intramolecular Hbond substituents is 4. The molecule has 0 saturated carbocycles. The third kappa shape index (κ3) is 3.70. The van der Waals surface area contributed by atoms with Gasteiger partial charge in [-0.05, 0) is 24.6 Å². The highest BCUT2D eigenvalue weighted by Gasteiger charge is 2.48. The molecule has 0 radical (unpaired) electrons. The lowest BCUT2D eigenvalue weighted by Gasteiger charge is -2.42. The zero-order chi connectivity index (χ0) is 23.3. The SMILES string of the molecule is C[C@H]1O[C@@H](O[C@@H]2C(=O)c3c(O)cc(O)cc3O[C@@H]2c2ccc(O)c(O)c2)[C@@H](O)[C@@H](O)[C@@H]1O. The highest BCUT2D eigenvalue weighted by molar-refractivity contribution is 6.05. The van der Waals surface area contributed by atoms with Gasteiger partial charge in [-0.3, -0.25) is 4.79 Å². The van der Waals surface area contributed by atoms with Crippen LogP contribution in [-0.4, -0.2) is 78.3 Å². The number of hydrogen-bond acceptors (Lipinski definition) is 11. The number of rotatable bonds is 3. The average Bonchev–Trinajstić information content (AvgIpc) is 2.73. The molecule has 1 saturated heterocycles. The zero-order valence-electron chi connectivity index (χ0n) is 16.7. The van der Waals surface area contributed by atoms with Crippen LogP contribution >= 0.6 is 0 Å². The van der Waals surface area contributed by atoms with Crippen LogP contribution in [0.3, 0.4) is 0 Å². The highest BCUT2D eigenvalue weighted by atomic mass is 16.7. The van der Waals surface area contributed by atoms with E-state index in [0.717, 1.165) is 18.2 Å². The minimum absolute atomic E-state index is 0.154. The summed E-state index contributed by atoms with van der Waals surface area (Å²) < 4.78 is 16.9. The fourth-order valence-electron chi connectivity index (χ4n) is 3.77. The molecule has 2 aromatic carbocycles. The van der Waals surface area contributed by atoms with Crippen LogP contribution in [0.2, 0.25) is 0 Å². The second-order valence-electron chi connectivity index (χ2n) is 7.73. The molecule has 7 atom stereocenters. The molecule has 0 unspecified atom stereocenters. The second kappa shape index (κ2) is 8.11. The van der Waals surface area contributed by atoms with E-state index in [-0.39, 0.29) is 22.6 Å². The molecule has 32 heavy (non-hydrogen) atoms. The summed E-state index contributed by atoms with van der Waals surface area (Å²) in [5, 5.41) is 69.7. The van der Waals surface area contributed by atoms with E-state index in [0.29, 0.717) is 0 Å². The van der Waals surface area contributed by atoms with Crippen LogP contribution in [0.1, 0.15) is 28.9 Å². The number of carbonyl (C=O) groups excluding carboxylic acids is 1. The van der Waals surface area contributed by atoms with Crippen molar-refractivity contribution in [2.45, 2.75) is 49.8 Å². The van der Waals surface area contributed by atoms with Crippen molar-refractivity contribution in [3.63, 3.8) is 0 Å². The minimum Gasteiger partial charge on any atom is -0.508 e. The van der Waals surface area contributed by atoms with Crippen LogP contribution in [0, 0.1) is 0 Å². The number of Topliss-reactive ketones (excluding diaryl/α,β-unsaturated/α-hetero) is 1. The van der Waals surface area contributed by atoms with E-state index in [1.165, 1.54) is 19.1 Å². The number of benzene rings is 2. The molecule has 11 nitrogen and oxygen atoms in total. The standard InChI is InChI=1S/C21H22O11/c1-7-15(26)17(28)18(29)21(30-7)32-20-16(27)14-12(25)5-9(22)6-13(14)31-19(20)8-2-3-10(23)11(24)4-8/h2-7,15,17-26,28-29H,1H3/t7-,15-,17+,18+,19-,20-,21+/m1/s1. The van der Waals surface area contributed by atoms with Crippen molar-refractivity contribution in [3.8, 4) is 28.7 Å². The Hall–Kier alpha value is -3.09. The van der Waals surface area contributed by atoms with Crippen molar-refractivity contribution in [1.29, 1.82) is 0 Å². The normalized spacial score (nSPS) is 32.2. The molecule has 2 aromatic rings. The number of aromatic hydroxyl groups is 4. The van der Waals surface area contributed by atoms with E-state index in [9.17, 15) is 40.5 Å². The molecule has 7 N–H and O–H groups in total. The molecule has 172 valence electrons. The fraction of sp³-hybridized carbons (Fsp3) is 0.381. The first-order valence-corrected chi connectivity index (χ1v) is 9.72. The van der Waals surface area contributed by atoms with Crippen LogP contribution in [0.4, 0.5) is 0 Å². The van der Waals surface area contributed by atoms with Crippen molar-refractivity contribution in [3.05, 3.63) is 41.5 Å². The molecule has 0 aromatic heterocycles. The number of phenols is 4. The zero-order valence-corrected chi connectivity index (χ0v) is 16.7. The van der Waals surface area contributed by atoms with Gasteiger partial charge in [-0.1, -0.05) is 6.07 Å². The maximum atomic E-state index is 13.3. The van der Waals surface area contributed by atoms with Gasteiger partial charge in [-0.25, -0.2) is 0 Å². The first-order chi connectivity index (χ1) is 15.1. The molecule has 11 heteroatoms. The molecular weight excluding hydrogens is 428 g/mol. The molecular formula is C21H22O11. The van der Waals surface area contributed by atoms with Gasteiger partial charge in [0, 0.05) is 12.1 Å². The summed E-state index contributed by atoms with van der Waals surface area (Å²) in [6.45, 7) is 1.44. The van der Waals surface area contributed by atoms with Crippen molar-refractivity contribution in [2.75, 3.05) is 0 Å². The Kier molecular flexibility index (Phi) is 5.61. The van der Waals surface area contributed by atoms with Gasteiger partial charge in [-0.15, -0.1) is 0 Å². The smallest absolute Gasteiger partial charge is 0.203 e. The summed E-state index contributed by atoms with van der Waals surface area (Å²) in [7, 11) is 0. The summed E-state index contributed by atoms with van der Waals surface area (Å²) in [6, 6.07) is 5.72. The van der Waals surface area contributed by atoms with E-state index < -0.39 is 65.9 Å². The van der Waals surface area contributed by atoms with Crippen LogP contribution in [0.5, 0.6) is 28.7 Å². The quantitative estimate of drug-likeness (QED) is 0.313. The number of fused-ring (bicyclic) bond motifs is 1. The highest BCUT2D eigenvalue weighted by Crippen LogP contribution is 2.44. The fourth-order valence-corrected chi connectivity index (χ4v) is 3.77.